The van der Waals surface area contributed by atoms with E-state index in [-0.39, 0.29) is 17.9 Å². The van der Waals surface area contributed by atoms with Gasteiger partial charge in [0.05, 0.1) is 12.6 Å². The van der Waals surface area contributed by atoms with Crippen LogP contribution in [-0.4, -0.2) is 46.6 Å². The predicted octanol–water partition coefficient (Wildman–Crippen LogP) is 2.84. The van der Waals surface area contributed by atoms with Gasteiger partial charge < -0.3 is 10.0 Å². The molecule has 2 aliphatic rings. The minimum absolute atomic E-state index is 0.221. The number of carbonyl (C=O) groups excluding carboxylic acids is 1. The van der Waals surface area contributed by atoms with Gasteiger partial charge in [0, 0.05) is 26.2 Å². The maximum absolute atomic E-state index is 12.7. The zero-order valence-corrected chi connectivity index (χ0v) is 15.8. The zero-order chi connectivity index (χ0) is 18.6. The molecule has 1 atom stereocenters. The maximum atomic E-state index is 12.7. The summed E-state index contributed by atoms with van der Waals surface area (Å²) in [4.78, 5) is 16.9. The largest absolute Gasteiger partial charge is 0.392 e. The van der Waals surface area contributed by atoms with E-state index in [1.807, 2.05) is 23.1 Å². The van der Waals surface area contributed by atoms with Crippen LogP contribution in [0.5, 0.6) is 0 Å². The molecule has 0 saturated carbocycles. The number of carbonyl (C=O) groups is 1. The fraction of sp³-hybridized carbons (Fsp3) is 0.435. The third-order valence-electron chi connectivity index (χ3n) is 5.99. The van der Waals surface area contributed by atoms with Gasteiger partial charge in [-0.15, -0.1) is 0 Å². The second-order valence-corrected chi connectivity index (χ2v) is 7.89. The Hall–Kier alpha value is -2.17. The van der Waals surface area contributed by atoms with Gasteiger partial charge in [-0.25, -0.2) is 0 Å². The molecule has 0 spiro atoms. The van der Waals surface area contributed by atoms with Crippen molar-refractivity contribution in [1.82, 2.24) is 9.80 Å². The van der Waals surface area contributed by atoms with Crippen LogP contribution in [0.2, 0.25) is 0 Å². The SMILES string of the molecule is O=C(CN1Cc2ccccc2C1)N1CCC(C(O)Cc2ccccc2)CC1. The lowest BCUT2D eigenvalue weighted by atomic mass is 9.88. The highest BCUT2D eigenvalue weighted by Crippen LogP contribution is 2.25. The van der Waals surface area contributed by atoms with Gasteiger partial charge in [0.2, 0.25) is 5.91 Å². The Kier molecular flexibility index (Phi) is 5.55. The number of likely N-dealkylation sites (tertiary alicyclic amines) is 1. The Labute approximate surface area is 161 Å². The number of fused-ring (bicyclic) bond motifs is 1. The lowest BCUT2D eigenvalue weighted by molar-refractivity contribution is -0.134. The van der Waals surface area contributed by atoms with Crippen LogP contribution in [0.1, 0.15) is 29.5 Å². The molecule has 1 saturated heterocycles. The zero-order valence-electron chi connectivity index (χ0n) is 15.8. The minimum atomic E-state index is -0.322. The number of hydrogen-bond donors (Lipinski definition) is 1. The summed E-state index contributed by atoms with van der Waals surface area (Å²) >= 11 is 0. The number of aliphatic hydroxyl groups excluding tert-OH is 1. The number of benzene rings is 2. The van der Waals surface area contributed by atoms with E-state index in [4.69, 9.17) is 0 Å². The molecule has 0 aromatic heterocycles. The molecule has 2 aromatic rings. The fourth-order valence-corrected chi connectivity index (χ4v) is 4.36. The molecule has 142 valence electrons. The summed E-state index contributed by atoms with van der Waals surface area (Å²) in [7, 11) is 0. The van der Waals surface area contributed by atoms with E-state index < -0.39 is 0 Å². The standard InChI is InChI=1S/C23H28N2O2/c26-22(14-18-6-2-1-3-7-18)19-10-12-25(13-11-19)23(27)17-24-15-20-8-4-5-9-21(20)16-24/h1-9,19,22,26H,10-17H2. The van der Waals surface area contributed by atoms with E-state index in [1.54, 1.807) is 0 Å². The Morgan fingerprint density at radius 3 is 2.19 bits per heavy atom. The van der Waals surface area contributed by atoms with Crippen LogP contribution < -0.4 is 0 Å². The normalized spacial score (nSPS) is 19.1. The Balaban J connectivity index is 1.24. The summed E-state index contributed by atoms with van der Waals surface area (Å²) in [6.45, 7) is 3.75. The molecule has 2 aliphatic heterocycles. The number of nitrogens with zero attached hydrogens (tertiary/aromatic N) is 2. The highest BCUT2D eigenvalue weighted by Gasteiger charge is 2.29. The summed E-state index contributed by atoms with van der Waals surface area (Å²) in [5, 5.41) is 10.6. The third-order valence-corrected chi connectivity index (χ3v) is 5.99. The molecule has 4 nitrogen and oxygen atoms in total. The summed E-state index contributed by atoms with van der Waals surface area (Å²) < 4.78 is 0. The van der Waals surface area contributed by atoms with Crippen molar-refractivity contribution in [3.05, 3.63) is 71.3 Å². The quantitative estimate of drug-likeness (QED) is 0.887. The van der Waals surface area contributed by atoms with E-state index >= 15 is 0 Å². The first-order valence-electron chi connectivity index (χ1n) is 9.98. The number of piperidine rings is 1. The minimum Gasteiger partial charge on any atom is -0.392 e. The first-order valence-corrected chi connectivity index (χ1v) is 9.98. The highest BCUT2D eigenvalue weighted by molar-refractivity contribution is 5.78. The Morgan fingerprint density at radius 1 is 0.963 bits per heavy atom. The van der Waals surface area contributed by atoms with Crippen LogP contribution in [0.4, 0.5) is 0 Å². The number of rotatable bonds is 5. The number of amides is 1. The monoisotopic (exact) mass is 364 g/mol. The van der Waals surface area contributed by atoms with Crippen molar-refractivity contribution in [1.29, 1.82) is 0 Å². The van der Waals surface area contributed by atoms with Crippen LogP contribution >= 0.6 is 0 Å². The third kappa shape index (κ3) is 4.40. The molecular weight excluding hydrogens is 336 g/mol. The number of hydrogen-bond acceptors (Lipinski definition) is 3. The highest BCUT2D eigenvalue weighted by atomic mass is 16.3. The van der Waals surface area contributed by atoms with Gasteiger partial charge in [-0.05, 0) is 41.9 Å². The van der Waals surface area contributed by atoms with Crippen molar-refractivity contribution in [2.75, 3.05) is 19.6 Å². The van der Waals surface area contributed by atoms with Crippen molar-refractivity contribution < 1.29 is 9.90 Å². The molecule has 0 radical (unpaired) electrons. The molecule has 0 aliphatic carbocycles. The maximum Gasteiger partial charge on any atom is 0.236 e. The van der Waals surface area contributed by atoms with Crippen molar-refractivity contribution in [3.8, 4) is 0 Å². The van der Waals surface area contributed by atoms with Crippen molar-refractivity contribution >= 4 is 5.91 Å². The van der Waals surface area contributed by atoms with Gasteiger partial charge in [-0.3, -0.25) is 9.69 Å². The molecule has 4 rings (SSSR count). The number of aliphatic hydroxyl groups is 1. The van der Waals surface area contributed by atoms with Gasteiger partial charge in [0.15, 0.2) is 0 Å². The van der Waals surface area contributed by atoms with Crippen molar-refractivity contribution in [2.24, 2.45) is 5.92 Å². The molecule has 1 N–H and O–H groups in total. The van der Waals surface area contributed by atoms with Crippen LogP contribution in [0.3, 0.4) is 0 Å². The van der Waals surface area contributed by atoms with Gasteiger partial charge in [0.25, 0.3) is 0 Å². The average Bonchev–Trinajstić information content (AvgIpc) is 3.11. The molecule has 1 unspecified atom stereocenters. The van der Waals surface area contributed by atoms with Crippen LogP contribution in [0, 0.1) is 5.92 Å². The summed E-state index contributed by atoms with van der Waals surface area (Å²) in [5.41, 5.74) is 3.86. The van der Waals surface area contributed by atoms with Gasteiger partial charge in [-0.2, -0.15) is 0 Å². The van der Waals surface area contributed by atoms with Gasteiger partial charge in [0.1, 0.15) is 0 Å². The molecule has 4 heteroatoms. The van der Waals surface area contributed by atoms with Crippen LogP contribution in [-0.2, 0) is 24.3 Å². The molecule has 0 bridgehead atoms. The lowest BCUT2D eigenvalue weighted by Gasteiger charge is -2.35. The Morgan fingerprint density at radius 2 is 1.56 bits per heavy atom. The average molecular weight is 364 g/mol. The van der Waals surface area contributed by atoms with E-state index in [2.05, 4.69) is 41.3 Å². The summed E-state index contributed by atoms with van der Waals surface area (Å²) in [6.07, 6.45) is 2.16. The van der Waals surface area contributed by atoms with Crippen molar-refractivity contribution in [3.63, 3.8) is 0 Å². The smallest absolute Gasteiger partial charge is 0.236 e. The second-order valence-electron chi connectivity index (χ2n) is 7.89. The van der Waals surface area contributed by atoms with E-state index in [1.165, 1.54) is 16.7 Å². The molecule has 1 fully saturated rings. The van der Waals surface area contributed by atoms with Gasteiger partial charge in [-0.1, -0.05) is 54.6 Å². The molecular formula is C23H28N2O2. The molecule has 1 amide bonds. The van der Waals surface area contributed by atoms with Crippen LogP contribution in [0.15, 0.2) is 54.6 Å². The van der Waals surface area contributed by atoms with Crippen molar-refractivity contribution in [2.45, 2.75) is 38.5 Å². The molecule has 27 heavy (non-hydrogen) atoms. The second kappa shape index (κ2) is 8.24. The molecule has 2 heterocycles. The first-order chi connectivity index (χ1) is 13.2. The first kappa shape index (κ1) is 18.2. The van der Waals surface area contributed by atoms with E-state index in [9.17, 15) is 9.90 Å². The fourth-order valence-electron chi connectivity index (χ4n) is 4.36. The Bertz CT molecular complexity index is 744. The van der Waals surface area contributed by atoms with E-state index in [0.29, 0.717) is 13.0 Å². The molecule has 2 aromatic carbocycles. The van der Waals surface area contributed by atoms with Crippen LogP contribution in [0.25, 0.3) is 0 Å². The van der Waals surface area contributed by atoms with Gasteiger partial charge >= 0.3 is 0 Å². The summed E-state index contributed by atoms with van der Waals surface area (Å²) in [5.74, 6) is 0.504. The lowest BCUT2D eigenvalue weighted by Crippen LogP contribution is -2.45. The predicted molar refractivity (Wildman–Crippen MR) is 106 cm³/mol. The topological polar surface area (TPSA) is 43.8 Å². The van der Waals surface area contributed by atoms with E-state index in [0.717, 1.165) is 39.0 Å². The summed E-state index contributed by atoms with van der Waals surface area (Å²) in [6, 6.07) is 18.6.